The zero-order valence-electron chi connectivity index (χ0n) is 13.8. The number of aryl methyl sites for hydroxylation is 2. The van der Waals surface area contributed by atoms with E-state index in [-0.39, 0.29) is 0 Å². The summed E-state index contributed by atoms with van der Waals surface area (Å²) >= 11 is 3.44. The molecule has 0 bridgehead atoms. The largest absolute Gasteiger partial charge is 0.153 e. The van der Waals surface area contributed by atoms with Crippen LogP contribution < -0.4 is 0 Å². The van der Waals surface area contributed by atoms with Crippen molar-refractivity contribution in [3.05, 3.63) is 70.5 Å². The Kier molecular flexibility index (Phi) is 3.93. The second-order valence-electron chi connectivity index (χ2n) is 5.66. The minimum Gasteiger partial charge on any atom is -0.153 e. The van der Waals surface area contributed by atoms with E-state index in [0.29, 0.717) is 0 Å². The molecule has 0 saturated heterocycles. The Morgan fingerprint density at radius 3 is 1.64 bits per heavy atom. The van der Waals surface area contributed by atoms with Crippen LogP contribution in [0, 0.1) is 13.8 Å². The molecule has 0 unspecified atom stereocenters. The van der Waals surface area contributed by atoms with Gasteiger partial charge in [-0.15, -0.1) is 10.2 Å². The third-order valence-corrected chi connectivity index (χ3v) is 4.36. The Bertz CT molecular complexity index is 1020. The Morgan fingerprint density at radius 2 is 1.12 bits per heavy atom. The van der Waals surface area contributed by atoms with Crippen molar-refractivity contribution in [2.24, 2.45) is 0 Å². The predicted octanol–water partition coefficient (Wildman–Crippen LogP) is 3.89. The molecule has 2 heterocycles. The van der Waals surface area contributed by atoms with Crippen molar-refractivity contribution in [2.75, 3.05) is 0 Å². The topological polar surface area (TPSA) is 61.4 Å². The lowest BCUT2D eigenvalue weighted by Crippen LogP contribution is -1.99. The smallest absolute Gasteiger partial charge is 0.138 e. The number of halogens is 1. The number of rotatable bonds is 3. The molecule has 0 radical (unpaired) electrons. The van der Waals surface area contributed by atoms with Crippen LogP contribution in [0.5, 0.6) is 0 Å². The standard InChI is InChI=1S/C18H15BrN6/c1-12-17(22-24(20-12)15-6-4-3-5-7-15)18-13(2)21-25(23-18)16-10-8-14(19)9-11-16/h3-11H,1-2H3. The molecule has 0 aliphatic rings. The Morgan fingerprint density at radius 1 is 0.640 bits per heavy atom. The molecule has 0 aliphatic carbocycles. The van der Waals surface area contributed by atoms with Gasteiger partial charge >= 0.3 is 0 Å². The number of nitrogens with zero attached hydrogens (tertiary/aromatic N) is 6. The van der Waals surface area contributed by atoms with Gasteiger partial charge in [-0.3, -0.25) is 0 Å². The fourth-order valence-corrected chi connectivity index (χ4v) is 2.83. The Hall–Kier alpha value is -2.80. The first-order valence-electron chi connectivity index (χ1n) is 7.81. The van der Waals surface area contributed by atoms with Crippen molar-refractivity contribution < 1.29 is 0 Å². The molecule has 0 amide bonds. The fraction of sp³-hybridized carbons (Fsp3) is 0.111. The molecule has 4 aromatic rings. The van der Waals surface area contributed by atoms with Crippen LogP contribution in [0.1, 0.15) is 11.4 Å². The summed E-state index contributed by atoms with van der Waals surface area (Å²) < 4.78 is 1.02. The number of hydrogen-bond donors (Lipinski definition) is 0. The first-order chi connectivity index (χ1) is 12.1. The summed E-state index contributed by atoms with van der Waals surface area (Å²) in [6, 6.07) is 17.7. The van der Waals surface area contributed by atoms with Gasteiger partial charge in [-0.1, -0.05) is 34.1 Å². The molecule has 0 atom stereocenters. The van der Waals surface area contributed by atoms with E-state index in [0.717, 1.165) is 38.6 Å². The highest BCUT2D eigenvalue weighted by molar-refractivity contribution is 9.10. The van der Waals surface area contributed by atoms with Crippen molar-refractivity contribution in [1.82, 2.24) is 30.0 Å². The minimum atomic E-state index is 0.739. The quantitative estimate of drug-likeness (QED) is 0.528. The highest BCUT2D eigenvalue weighted by Gasteiger charge is 2.18. The first-order valence-corrected chi connectivity index (χ1v) is 8.61. The van der Waals surface area contributed by atoms with Gasteiger partial charge in [-0.05, 0) is 50.2 Å². The summed E-state index contributed by atoms with van der Waals surface area (Å²) in [5, 5.41) is 18.3. The van der Waals surface area contributed by atoms with Gasteiger partial charge < -0.3 is 0 Å². The molecule has 124 valence electrons. The average molecular weight is 395 g/mol. The summed E-state index contributed by atoms with van der Waals surface area (Å²) in [4.78, 5) is 3.25. The van der Waals surface area contributed by atoms with Gasteiger partial charge in [0.2, 0.25) is 0 Å². The molecule has 6 nitrogen and oxygen atoms in total. The number of benzene rings is 2. The Labute approximate surface area is 153 Å². The summed E-state index contributed by atoms with van der Waals surface area (Å²) in [5.41, 5.74) is 4.91. The maximum atomic E-state index is 4.62. The zero-order valence-corrected chi connectivity index (χ0v) is 15.3. The monoisotopic (exact) mass is 394 g/mol. The molecule has 2 aromatic heterocycles. The first kappa shape index (κ1) is 15.7. The van der Waals surface area contributed by atoms with Crippen molar-refractivity contribution in [3.8, 4) is 22.8 Å². The van der Waals surface area contributed by atoms with Crippen LogP contribution >= 0.6 is 15.9 Å². The fourth-order valence-electron chi connectivity index (χ4n) is 2.56. The predicted molar refractivity (Wildman–Crippen MR) is 98.9 cm³/mol. The maximum Gasteiger partial charge on any atom is 0.138 e. The maximum absolute atomic E-state index is 4.62. The van der Waals surface area contributed by atoms with E-state index in [1.807, 2.05) is 68.4 Å². The summed E-state index contributed by atoms with van der Waals surface area (Å²) in [5.74, 6) is 0. The third kappa shape index (κ3) is 2.98. The second kappa shape index (κ2) is 6.25. The van der Waals surface area contributed by atoms with E-state index in [9.17, 15) is 0 Å². The van der Waals surface area contributed by atoms with Gasteiger partial charge in [0.15, 0.2) is 0 Å². The van der Waals surface area contributed by atoms with Crippen LogP contribution in [-0.4, -0.2) is 30.0 Å². The van der Waals surface area contributed by atoms with Crippen molar-refractivity contribution in [3.63, 3.8) is 0 Å². The third-order valence-electron chi connectivity index (χ3n) is 3.83. The summed E-state index contributed by atoms with van der Waals surface area (Å²) in [6.07, 6.45) is 0. The van der Waals surface area contributed by atoms with Crippen LogP contribution in [0.3, 0.4) is 0 Å². The molecule has 2 aromatic carbocycles. The van der Waals surface area contributed by atoms with Crippen LogP contribution in [0.15, 0.2) is 59.1 Å². The molecule has 0 N–H and O–H groups in total. The molecule has 0 spiro atoms. The zero-order chi connectivity index (χ0) is 17.4. The van der Waals surface area contributed by atoms with Crippen LogP contribution in [0.25, 0.3) is 22.8 Å². The van der Waals surface area contributed by atoms with Gasteiger partial charge in [0.25, 0.3) is 0 Å². The lowest BCUT2D eigenvalue weighted by atomic mass is 10.2. The van der Waals surface area contributed by atoms with Gasteiger partial charge in [0, 0.05) is 4.47 Å². The molecule has 0 aliphatic heterocycles. The SMILES string of the molecule is Cc1nn(-c2ccccc2)nc1-c1nn(-c2ccc(Br)cc2)nc1C. The highest BCUT2D eigenvalue weighted by Crippen LogP contribution is 2.23. The molecule has 25 heavy (non-hydrogen) atoms. The van der Waals surface area contributed by atoms with Crippen molar-refractivity contribution in [1.29, 1.82) is 0 Å². The normalized spacial score (nSPS) is 11.0. The second-order valence-corrected chi connectivity index (χ2v) is 6.57. The summed E-state index contributed by atoms with van der Waals surface area (Å²) in [7, 11) is 0. The Balaban J connectivity index is 1.76. The van der Waals surface area contributed by atoms with E-state index in [4.69, 9.17) is 0 Å². The lowest BCUT2D eigenvalue weighted by Gasteiger charge is -1.98. The van der Waals surface area contributed by atoms with Gasteiger partial charge in [0.1, 0.15) is 11.4 Å². The highest BCUT2D eigenvalue weighted by atomic mass is 79.9. The molecule has 0 fully saturated rings. The number of aromatic nitrogens is 6. The lowest BCUT2D eigenvalue weighted by molar-refractivity contribution is 0.740. The molecular formula is C18H15BrN6. The minimum absolute atomic E-state index is 0.739. The molecule has 7 heteroatoms. The van der Waals surface area contributed by atoms with E-state index >= 15 is 0 Å². The number of para-hydroxylation sites is 1. The van der Waals surface area contributed by atoms with Crippen molar-refractivity contribution in [2.45, 2.75) is 13.8 Å². The molecule has 0 saturated carbocycles. The van der Waals surface area contributed by atoms with Crippen LogP contribution in [-0.2, 0) is 0 Å². The van der Waals surface area contributed by atoms with Crippen LogP contribution in [0.4, 0.5) is 0 Å². The summed E-state index contributed by atoms with van der Waals surface area (Å²) in [6.45, 7) is 3.86. The van der Waals surface area contributed by atoms with E-state index < -0.39 is 0 Å². The number of hydrogen-bond acceptors (Lipinski definition) is 4. The van der Waals surface area contributed by atoms with Crippen molar-refractivity contribution >= 4 is 15.9 Å². The molecule has 4 rings (SSSR count). The average Bonchev–Trinajstić information content (AvgIpc) is 3.19. The van der Waals surface area contributed by atoms with Gasteiger partial charge in [-0.2, -0.15) is 19.8 Å². The van der Waals surface area contributed by atoms with Gasteiger partial charge in [0.05, 0.1) is 22.8 Å². The van der Waals surface area contributed by atoms with E-state index in [1.165, 1.54) is 0 Å². The van der Waals surface area contributed by atoms with Gasteiger partial charge in [-0.25, -0.2) is 0 Å². The molecular weight excluding hydrogens is 380 g/mol. The van der Waals surface area contributed by atoms with E-state index in [1.54, 1.807) is 9.59 Å². The van der Waals surface area contributed by atoms with Crippen LogP contribution in [0.2, 0.25) is 0 Å². The van der Waals surface area contributed by atoms with E-state index in [2.05, 4.69) is 36.3 Å².